The highest BCUT2D eigenvalue weighted by molar-refractivity contribution is 8.00. The maximum atomic E-state index is 11.4. The highest BCUT2D eigenvalue weighted by atomic mass is 32.2. The normalized spacial score (nSPS) is 14.3. The standard InChI is InChI=1S/C19H23NO2S/c1-5-18(13(2)3)23-16-7-8-17-15(11-16)10-14(12-22-17)6-9-19(21)20-4/h1,7-8,10-11,13,18H,6,9,12H2,2-4H3,(H,20,21). The van der Waals surface area contributed by atoms with Crippen LogP contribution in [0.2, 0.25) is 0 Å². The summed E-state index contributed by atoms with van der Waals surface area (Å²) in [6.07, 6.45) is 8.95. The Kier molecular flexibility index (Phi) is 6.18. The number of nitrogens with one attached hydrogen (secondary N) is 1. The van der Waals surface area contributed by atoms with Crippen molar-refractivity contribution in [3.05, 3.63) is 29.3 Å². The van der Waals surface area contributed by atoms with Gasteiger partial charge in [-0.2, -0.15) is 0 Å². The second-order valence-corrected chi connectivity index (χ2v) is 7.13. The molecular weight excluding hydrogens is 306 g/mol. The summed E-state index contributed by atoms with van der Waals surface area (Å²) in [4.78, 5) is 12.5. The van der Waals surface area contributed by atoms with Gasteiger partial charge in [0.05, 0.1) is 5.25 Å². The van der Waals surface area contributed by atoms with E-state index in [1.54, 1.807) is 18.8 Å². The molecule has 0 radical (unpaired) electrons. The molecule has 2 rings (SSSR count). The summed E-state index contributed by atoms with van der Waals surface area (Å²) in [6.45, 7) is 4.82. The Morgan fingerprint density at radius 2 is 2.26 bits per heavy atom. The molecule has 3 nitrogen and oxygen atoms in total. The lowest BCUT2D eigenvalue weighted by Gasteiger charge is -2.20. The zero-order valence-corrected chi connectivity index (χ0v) is 14.7. The van der Waals surface area contributed by atoms with Gasteiger partial charge in [0.2, 0.25) is 5.91 Å². The Balaban J connectivity index is 2.12. The molecular formula is C19H23NO2S. The molecule has 0 fully saturated rings. The van der Waals surface area contributed by atoms with Crippen molar-refractivity contribution in [1.29, 1.82) is 0 Å². The minimum atomic E-state index is 0.0507. The minimum absolute atomic E-state index is 0.0507. The van der Waals surface area contributed by atoms with Gasteiger partial charge in [0, 0.05) is 23.9 Å². The van der Waals surface area contributed by atoms with Gasteiger partial charge in [-0.15, -0.1) is 18.2 Å². The molecule has 1 aromatic carbocycles. The SMILES string of the molecule is C#CC(Sc1ccc2c(c1)C=C(CCC(=O)NC)CO2)C(C)C. The van der Waals surface area contributed by atoms with E-state index in [-0.39, 0.29) is 11.2 Å². The molecule has 0 saturated carbocycles. The van der Waals surface area contributed by atoms with E-state index in [4.69, 9.17) is 11.2 Å². The molecule has 1 atom stereocenters. The fourth-order valence-corrected chi connectivity index (χ4v) is 3.30. The van der Waals surface area contributed by atoms with Crippen molar-refractivity contribution in [2.75, 3.05) is 13.7 Å². The molecule has 0 saturated heterocycles. The van der Waals surface area contributed by atoms with E-state index in [1.807, 2.05) is 6.07 Å². The molecule has 1 aliphatic heterocycles. The monoisotopic (exact) mass is 329 g/mol. The Hall–Kier alpha value is -1.86. The number of terminal acetylenes is 1. The van der Waals surface area contributed by atoms with Gasteiger partial charge in [-0.3, -0.25) is 4.79 Å². The van der Waals surface area contributed by atoms with Crippen molar-refractivity contribution in [2.45, 2.75) is 36.8 Å². The lowest BCUT2D eigenvalue weighted by molar-refractivity contribution is -0.120. The Morgan fingerprint density at radius 1 is 1.48 bits per heavy atom. The summed E-state index contributed by atoms with van der Waals surface area (Å²) in [7, 11) is 1.66. The van der Waals surface area contributed by atoms with Gasteiger partial charge in [-0.1, -0.05) is 19.8 Å². The molecule has 0 aromatic heterocycles. The molecule has 0 aliphatic carbocycles. The highest BCUT2D eigenvalue weighted by Gasteiger charge is 2.16. The fourth-order valence-electron chi connectivity index (χ4n) is 2.33. The summed E-state index contributed by atoms with van der Waals surface area (Å²) >= 11 is 1.71. The Bertz CT molecular complexity index is 643. The first-order chi connectivity index (χ1) is 11.0. The molecule has 1 aromatic rings. The molecule has 1 N–H and O–H groups in total. The Morgan fingerprint density at radius 3 is 2.91 bits per heavy atom. The number of hydrogen-bond acceptors (Lipinski definition) is 3. The van der Waals surface area contributed by atoms with Crippen molar-refractivity contribution in [3.63, 3.8) is 0 Å². The number of hydrogen-bond donors (Lipinski definition) is 1. The molecule has 23 heavy (non-hydrogen) atoms. The van der Waals surface area contributed by atoms with Crippen LogP contribution in [-0.2, 0) is 4.79 Å². The quantitative estimate of drug-likeness (QED) is 0.638. The molecule has 0 spiro atoms. The van der Waals surface area contributed by atoms with Crippen LogP contribution < -0.4 is 10.1 Å². The van der Waals surface area contributed by atoms with Gasteiger partial charge in [0.15, 0.2) is 0 Å². The van der Waals surface area contributed by atoms with E-state index in [0.29, 0.717) is 18.9 Å². The van der Waals surface area contributed by atoms with Crippen molar-refractivity contribution in [2.24, 2.45) is 5.92 Å². The third-order valence-corrected chi connectivity index (χ3v) is 5.20. The number of carbonyl (C=O) groups is 1. The summed E-state index contributed by atoms with van der Waals surface area (Å²) in [5.41, 5.74) is 2.20. The van der Waals surface area contributed by atoms with Crippen molar-refractivity contribution >= 4 is 23.7 Å². The smallest absolute Gasteiger partial charge is 0.220 e. The predicted octanol–water partition coefficient (Wildman–Crippen LogP) is 3.74. The molecule has 122 valence electrons. The molecule has 1 amide bonds. The average molecular weight is 329 g/mol. The number of carbonyl (C=O) groups excluding carboxylic acids is 1. The van der Waals surface area contributed by atoms with Crippen LogP contribution in [-0.4, -0.2) is 24.8 Å². The topological polar surface area (TPSA) is 38.3 Å². The lowest BCUT2D eigenvalue weighted by Crippen LogP contribution is -2.18. The maximum Gasteiger partial charge on any atom is 0.220 e. The second kappa shape index (κ2) is 8.12. The number of thioether (sulfide) groups is 1. The summed E-state index contributed by atoms with van der Waals surface area (Å²) in [5.74, 6) is 4.22. The lowest BCUT2D eigenvalue weighted by atomic mass is 10.0. The zero-order chi connectivity index (χ0) is 16.8. The number of rotatable bonds is 6. The second-order valence-electron chi connectivity index (χ2n) is 5.91. The van der Waals surface area contributed by atoms with Gasteiger partial charge in [-0.05, 0) is 42.2 Å². The molecule has 1 heterocycles. The Labute approximate surface area is 142 Å². The highest BCUT2D eigenvalue weighted by Crippen LogP contribution is 2.34. The van der Waals surface area contributed by atoms with Gasteiger partial charge in [0.25, 0.3) is 0 Å². The van der Waals surface area contributed by atoms with Gasteiger partial charge < -0.3 is 10.1 Å². The van der Waals surface area contributed by atoms with E-state index in [1.165, 1.54) is 0 Å². The first kappa shape index (κ1) is 17.5. The third-order valence-electron chi connectivity index (χ3n) is 3.74. The van der Waals surface area contributed by atoms with Crippen LogP contribution in [0, 0.1) is 18.3 Å². The largest absolute Gasteiger partial charge is 0.489 e. The molecule has 1 unspecified atom stereocenters. The number of benzene rings is 1. The molecule has 0 bridgehead atoms. The number of ether oxygens (including phenoxy) is 1. The maximum absolute atomic E-state index is 11.4. The van der Waals surface area contributed by atoms with Crippen LogP contribution in [0.3, 0.4) is 0 Å². The zero-order valence-electron chi connectivity index (χ0n) is 13.9. The number of fused-ring (bicyclic) bond motifs is 1. The summed E-state index contributed by atoms with van der Waals surface area (Å²) < 4.78 is 5.79. The van der Waals surface area contributed by atoms with E-state index in [9.17, 15) is 4.79 Å². The van der Waals surface area contributed by atoms with Gasteiger partial charge in [0.1, 0.15) is 12.4 Å². The van der Waals surface area contributed by atoms with E-state index in [2.05, 4.69) is 43.3 Å². The van der Waals surface area contributed by atoms with E-state index >= 15 is 0 Å². The van der Waals surface area contributed by atoms with E-state index < -0.39 is 0 Å². The fraction of sp³-hybridized carbons (Fsp3) is 0.421. The first-order valence-electron chi connectivity index (χ1n) is 7.83. The van der Waals surface area contributed by atoms with Crippen LogP contribution in [0.15, 0.2) is 28.7 Å². The van der Waals surface area contributed by atoms with Crippen LogP contribution in [0.1, 0.15) is 32.3 Å². The van der Waals surface area contributed by atoms with Crippen molar-refractivity contribution < 1.29 is 9.53 Å². The van der Waals surface area contributed by atoms with Crippen LogP contribution in [0.5, 0.6) is 5.75 Å². The summed E-state index contributed by atoms with van der Waals surface area (Å²) in [6, 6.07) is 6.17. The molecule has 4 heteroatoms. The minimum Gasteiger partial charge on any atom is -0.489 e. The first-order valence-corrected chi connectivity index (χ1v) is 8.71. The predicted molar refractivity (Wildman–Crippen MR) is 96.5 cm³/mol. The van der Waals surface area contributed by atoms with Crippen molar-refractivity contribution in [3.8, 4) is 18.1 Å². The van der Waals surface area contributed by atoms with Crippen LogP contribution >= 0.6 is 11.8 Å². The average Bonchev–Trinajstić information content (AvgIpc) is 2.56. The van der Waals surface area contributed by atoms with Gasteiger partial charge in [-0.25, -0.2) is 0 Å². The van der Waals surface area contributed by atoms with Crippen LogP contribution in [0.25, 0.3) is 6.08 Å². The van der Waals surface area contributed by atoms with Gasteiger partial charge >= 0.3 is 0 Å². The number of amides is 1. The van der Waals surface area contributed by atoms with Crippen molar-refractivity contribution in [1.82, 2.24) is 5.32 Å². The molecule has 1 aliphatic rings. The summed E-state index contributed by atoms with van der Waals surface area (Å²) in [5, 5.41) is 2.80. The third kappa shape index (κ3) is 4.80. The van der Waals surface area contributed by atoms with E-state index in [0.717, 1.165) is 28.2 Å². The van der Waals surface area contributed by atoms with Crippen LogP contribution in [0.4, 0.5) is 0 Å².